The van der Waals surface area contributed by atoms with E-state index in [0.717, 1.165) is 44.5 Å². The Labute approximate surface area is 339 Å². The maximum absolute atomic E-state index is 13.8. The minimum Gasteiger partial charge on any atom is -0.508 e. The number of carbonyl (C=O) groups is 2. The van der Waals surface area contributed by atoms with Gasteiger partial charge in [-0.15, -0.1) is 0 Å². The van der Waals surface area contributed by atoms with Gasteiger partial charge in [-0.2, -0.15) is 0 Å². The summed E-state index contributed by atoms with van der Waals surface area (Å²) < 4.78 is 11.3. The third-order valence-corrected chi connectivity index (χ3v) is 11.2. The third-order valence-electron chi connectivity index (χ3n) is 11.2. The smallest absolute Gasteiger partial charge is 0.309 e. The first-order valence-electron chi connectivity index (χ1n) is 19.7. The fourth-order valence-corrected chi connectivity index (χ4v) is 7.50. The predicted molar refractivity (Wildman–Crippen MR) is 226 cm³/mol. The molecule has 4 N–H and O–H groups in total. The number of esters is 2. The van der Waals surface area contributed by atoms with Crippen LogP contribution in [0.3, 0.4) is 0 Å². The van der Waals surface area contributed by atoms with Crippen molar-refractivity contribution in [3.05, 3.63) is 117 Å². The standard InChI is InChI=1S/C49H64O8/c1-44(2,3)34-23-30(15-19-38(34)50)48(13,31-16-20-39(51)35(24-31)45(4,5)6)27-42(54)56-29-57-43(55)28-49(14,32-17-21-40(52)36(25-32)46(7,8)9)33-18-22-41(53)37(26-33)47(10,11)12/h15-26,50-53H,27-29H2,1-14H3. The summed E-state index contributed by atoms with van der Waals surface area (Å²) in [5, 5.41) is 43.2. The quantitative estimate of drug-likeness (QED) is 0.0923. The molecule has 0 aliphatic carbocycles. The molecule has 0 aliphatic rings. The van der Waals surface area contributed by atoms with E-state index in [4.69, 9.17) is 9.47 Å². The van der Waals surface area contributed by atoms with Gasteiger partial charge in [0.25, 0.3) is 0 Å². The van der Waals surface area contributed by atoms with Gasteiger partial charge < -0.3 is 29.9 Å². The van der Waals surface area contributed by atoms with E-state index in [1.54, 1.807) is 48.5 Å². The van der Waals surface area contributed by atoms with Crippen LogP contribution in [0.25, 0.3) is 0 Å². The fourth-order valence-electron chi connectivity index (χ4n) is 7.50. The second-order valence-electron chi connectivity index (χ2n) is 20.1. The van der Waals surface area contributed by atoms with E-state index in [2.05, 4.69) is 0 Å². The number of hydrogen-bond acceptors (Lipinski definition) is 8. The van der Waals surface area contributed by atoms with Crippen LogP contribution in [0.4, 0.5) is 0 Å². The summed E-state index contributed by atoms with van der Waals surface area (Å²) >= 11 is 0. The van der Waals surface area contributed by atoms with Gasteiger partial charge in [0.1, 0.15) is 23.0 Å². The van der Waals surface area contributed by atoms with Gasteiger partial charge in [0.15, 0.2) is 0 Å². The van der Waals surface area contributed by atoms with Gasteiger partial charge in [-0.25, -0.2) is 0 Å². The zero-order valence-corrected chi connectivity index (χ0v) is 36.5. The molecule has 0 radical (unpaired) electrons. The molecular weight excluding hydrogens is 717 g/mol. The number of ether oxygens (including phenoxy) is 2. The maximum atomic E-state index is 13.8. The minimum atomic E-state index is -0.964. The largest absolute Gasteiger partial charge is 0.508 e. The second-order valence-corrected chi connectivity index (χ2v) is 20.1. The van der Waals surface area contributed by atoms with Crippen LogP contribution < -0.4 is 0 Å². The maximum Gasteiger partial charge on any atom is 0.309 e. The van der Waals surface area contributed by atoms with Crippen LogP contribution >= 0.6 is 0 Å². The molecule has 308 valence electrons. The molecule has 0 saturated heterocycles. The summed E-state index contributed by atoms with van der Waals surface area (Å²) in [5.41, 5.74) is 2.48. The topological polar surface area (TPSA) is 134 Å². The summed E-state index contributed by atoms with van der Waals surface area (Å²) in [5.74, 6) is -0.601. The number of rotatable bonds is 10. The first-order valence-corrected chi connectivity index (χ1v) is 19.7. The highest BCUT2D eigenvalue weighted by molar-refractivity contribution is 5.75. The summed E-state index contributed by atoms with van der Waals surface area (Å²) in [6.45, 7) is 27.3. The molecule has 4 aromatic carbocycles. The Balaban J connectivity index is 1.66. The molecule has 8 heteroatoms. The van der Waals surface area contributed by atoms with E-state index in [1.165, 1.54) is 0 Å². The molecule has 4 aromatic rings. The van der Waals surface area contributed by atoms with Crippen molar-refractivity contribution < 1.29 is 39.5 Å². The van der Waals surface area contributed by atoms with E-state index in [1.807, 2.05) is 121 Å². The zero-order chi connectivity index (χ0) is 43.1. The molecule has 8 nitrogen and oxygen atoms in total. The van der Waals surface area contributed by atoms with Gasteiger partial charge in [0.05, 0.1) is 12.8 Å². The lowest BCUT2D eigenvalue weighted by Gasteiger charge is -2.34. The van der Waals surface area contributed by atoms with E-state index < -0.39 is 51.2 Å². The molecule has 0 spiro atoms. The SMILES string of the molecule is CC(C)(C)c1cc(C(C)(CC(=O)OCOC(=O)CC(C)(c2ccc(O)c(C(C)(C)C)c2)c2ccc(O)c(C(C)(C)C)c2)c2ccc(O)c(C(C)(C)C)c2)ccc1O. The Kier molecular flexibility index (Phi) is 12.4. The van der Waals surface area contributed by atoms with Gasteiger partial charge in [-0.05, 0) is 90.4 Å². The van der Waals surface area contributed by atoms with Gasteiger partial charge in [-0.1, -0.05) is 145 Å². The Bertz CT molecular complexity index is 1840. The molecule has 0 amide bonds. The average molecular weight is 781 g/mol. The van der Waals surface area contributed by atoms with E-state index in [-0.39, 0.29) is 35.8 Å². The highest BCUT2D eigenvalue weighted by Gasteiger charge is 2.38. The Morgan fingerprint density at radius 3 is 0.807 bits per heavy atom. The molecule has 4 rings (SSSR count). The normalized spacial score (nSPS) is 13.0. The summed E-state index contributed by atoms with van der Waals surface area (Å²) in [4.78, 5) is 27.6. The van der Waals surface area contributed by atoms with Crippen molar-refractivity contribution >= 4 is 11.9 Å². The van der Waals surface area contributed by atoms with Crippen LogP contribution in [0.1, 0.15) is 154 Å². The Hall–Kier alpha value is -4.98. The van der Waals surface area contributed by atoms with Crippen molar-refractivity contribution in [3.8, 4) is 23.0 Å². The number of carbonyl (C=O) groups excluding carboxylic acids is 2. The van der Waals surface area contributed by atoms with Gasteiger partial charge in [0, 0.05) is 10.8 Å². The summed E-state index contributed by atoms with van der Waals surface area (Å²) in [6.07, 6.45) is -0.256. The highest BCUT2D eigenvalue weighted by atomic mass is 16.7. The average Bonchev–Trinajstić information content (AvgIpc) is 3.06. The zero-order valence-electron chi connectivity index (χ0n) is 36.5. The van der Waals surface area contributed by atoms with Crippen LogP contribution in [0.15, 0.2) is 72.8 Å². The van der Waals surface area contributed by atoms with Crippen LogP contribution in [-0.4, -0.2) is 39.2 Å². The first kappa shape index (κ1) is 44.7. The second kappa shape index (κ2) is 15.8. The van der Waals surface area contributed by atoms with Crippen LogP contribution in [0.2, 0.25) is 0 Å². The van der Waals surface area contributed by atoms with E-state index in [0.29, 0.717) is 0 Å². The molecule has 0 heterocycles. The van der Waals surface area contributed by atoms with Crippen LogP contribution in [0.5, 0.6) is 23.0 Å². The first-order chi connectivity index (χ1) is 26.0. The molecule has 0 bridgehead atoms. The molecule has 0 saturated carbocycles. The molecule has 0 aliphatic heterocycles. The van der Waals surface area contributed by atoms with Gasteiger partial charge >= 0.3 is 11.9 Å². The van der Waals surface area contributed by atoms with Crippen molar-refractivity contribution in [3.63, 3.8) is 0 Å². The molecule has 0 unspecified atom stereocenters. The van der Waals surface area contributed by atoms with Crippen molar-refractivity contribution in [1.29, 1.82) is 0 Å². The van der Waals surface area contributed by atoms with Crippen molar-refractivity contribution in [2.24, 2.45) is 0 Å². The molecule has 0 aromatic heterocycles. The lowest BCUT2D eigenvalue weighted by Crippen LogP contribution is -2.31. The predicted octanol–water partition coefficient (Wildman–Crippen LogP) is 10.8. The third kappa shape index (κ3) is 9.95. The monoisotopic (exact) mass is 780 g/mol. The molecule has 0 fully saturated rings. The van der Waals surface area contributed by atoms with E-state index >= 15 is 0 Å². The Morgan fingerprint density at radius 2 is 0.614 bits per heavy atom. The van der Waals surface area contributed by atoms with Crippen molar-refractivity contribution in [2.75, 3.05) is 6.79 Å². The van der Waals surface area contributed by atoms with E-state index in [9.17, 15) is 30.0 Å². The van der Waals surface area contributed by atoms with Crippen molar-refractivity contribution in [1.82, 2.24) is 0 Å². The lowest BCUT2D eigenvalue weighted by molar-refractivity contribution is -0.168. The molecular formula is C49H64O8. The van der Waals surface area contributed by atoms with Gasteiger partial charge in [-0.3, -0.25) is 9.59 Å². The fraction of sp³-hybridized carbons (Fsp3) is 0.469. The molecule has 0 atom stereocenters. The van der Waals surface area contributed by atoms with Crippen LogP contribution in [-0.2, 0) is 51.6 Å². The highest BCUT2D eigenvalue weighted by Crippen LogP contribution is 2.45. The number of hydrogen-bond donors (Lipinski definition) is 4. The summed E-state index contributed by atoms with van der Waals surface area (Å²) in [6, 6.07) is 21.4. The Morgan fingerprint density at radius 1 is 0.404 bits per heavy atom. The number of benzene rings is 4. The summed E-state index contributed by atoms with van der Waals surface area (Å²) in [7, 11) is 0. The minimum absolute atomic E-state index is 0.128. The number of aromatic hydroxyl groups is 4. The number of phenols is 4. The lowest BCUT2D eigenvalue weighted by atomic mass is 9.70. The molecule has 57 heavy (non-hydrogen) atoms. The van der Waals surface area contributed by atoms with Crippen molar-refractivity contribution in [2.45, 2.75) is 142 Å². The van der Waals surface area contributed by atoms with Gasteiger partial charge in [0.2, 0.25) is 6.79 Å². The van der Waals surface area contributed by atoms with Crippen LogP contribution in [0, 0.1) is 0 Å². The number of phenolic OH excluding ortho intramolecular Hbond substituents is 4.